The monoisotopic (exact) mass is 188 g/mol. The molecule has 0 aromatic carbocycles. The summed E-state index contributed by atoms with van der Waals surface area (Å²) in [5.74, 6) is 0.917. The van der Waals surface area contributed by atoms with Gasteiger partial charge in [-0.2, -0.15) is 17.0 Å². The van der Waals surface area contributed by atoms with Gasteiger partial charge in [-0.25, -0.2) is 0 Å². The summed E-state index contributed by atoms with van der Waals surface area (Å²) in [5.41, 5.74) is 0. The van der Waals surface area contributed by atoms with Crippen molar-refractivity contribution in [3.05, 3.63) is 0 Å². The molecule has 0 radical (unpaired) electrons. The van der Waals surface area contributed by atoms with Crippen LogP contribution in [0, 0.1) is 11.3 Å². The Morgan fingerprint density at radius 2 is 2.33 bits per heavy atom. The van der Waals surface area contributed by atoms with Gasteiger partial charge in [-0.15, -0.1) is 0 Å². The van der Waals surface area contributed by atoms with Gasteiger partial charge in [0.2, 0.25) is 0 Å². The molecule has 4 heteroatoms. The molecule has 0 fully saturated rings. The Kier molecular flexibility index (Phi) is 7.26. The van der Waals surface area contributed by atoms with E-state index in [2.05, 4.69) is 11.4 Å². The van der Waals surface area contributed by atoms with Gasteiger partial charge in [-0.3, -0.25) is 0 Å². The van der Waals surface area contributed by atoms with E-state index in [0.717, 1.165) is 12.2 Å². The summed E-state index contributed by atoms with van der Waals surface area (Å²) < 4.78 is 0. The Bertz CT molecular complexity index is 146. The minimum atomic E-state index is -0.0524. The summed E-state index contributed by atoms with van der Waals surface area (Å²) in [6.07, 6.45) is 0.835. The molecule has 0 aliphatic heterocycles. The maximum absolute atomic E-state index is 8.71. The highest BCUT2D eigenvalue weighted by atomic mass is 32.2. The van der Waals surface area contributed by atoms with E-state index in [9.17, 15) is 0 Å². The highest BCUT2D eigenvalue weighted by molar-refractivity contribution is 7.99. The Morgan fingerprint density at radius 1 is 1.67 bits per heavy atom. The lowest BCUT2D eigenvalue weighted by Crippen LogP contribution is -2.24. The summed E-state index contributed by atoms with van der Waals surface area (Å²) in [6.45, 7) is 2.19. The average Bonchev–Trinajstić information content (AvgIpc) is 2.12. The number of hydrogen-bond acceptors (Lipinski definition) is 4. The highest BCUT2D eigenvalue weighted by Crippen LogP contribution is 2.11. The second-order valence-electron chi connectivity index (χ2n) is 2.62. The van der Waals surface area contributed by atoms with Crippen LogP contribution in [0.4, 0.5) is 0 Å². The Hall–Kier alpha value is -0.240. The number of aliphatic hydroxyl groups excluding tert-OH is 1. The maximum atomic E-state index is 8.71. The molecule has 0 aromatic heterocycles. The van der Waals surface area contributed by atoms with E-state index >= 15 is 0 Å². The first-order valence-electron chi connectivity index (χ1n) is 4.04. The third kappa shape index (κ3) is 5.42. The van der Waals surface area contributed by atoms with Crippen LogP contribution in [0.3, 0.4) is 0 Å². The third-order valence-corrected chi connectivity index (χ3v) is 2.76. The minimum Gasteiger partial charge on any atom is -0.395 e. The summed E-state index contributed by atoms with van der Waals surface area (Å²) in [7, 11) is 1.79. The first-order chi connectivity index (χ1) is 5.74. The molecule has 0 aliphatic rings. The maximum Gasteiger partial charge on any atom is 0.0958 e. The van der Waals surface area contributed by atoms with Gasteiger partial charge in [0.05, 0.1) is 18.7 Å². The molecular formula is C8H16N2OS. The van der Waals surface area contributed by atoms with Crippen LogP contribution in [-0.2, 0) is 0 Å². The highest BCUT2D eigenvalue weighted by Gasteiger charge is 2.05. The zero-order chi connectivity index (χ0) is 9.40. The van der Waals surface area contributed by atoms with Crippen LogP contribution in [0.15, 0.2) is 0 Å². The third-order valence-electron chi connectivity index (χ3n) is 1.57. The SMILES string of the molecule is CNC(C#N)CCSC(C)CO. The molecule has 0 amide bonds. The molecule has 2 unspecified atom stereocenters. The summed E-state index contributed by atoms with van der Waals surface area (Å²) in [6, 6.07) is 2.10. The fraction of sp³-hybridized carbons (Fsp3) is 0.875. The zero-order valence-electron chi connectivity index (χ0n) is 7.58. The molecule has 12 heavy (non-hydrogen) atoms. The molecule has 0 aromatic rings. The molecule has 0 bridgehead atoms. The van der Waals surface area contributed by atoms with E-state index < -0.39 is 0 Å². The van der Waals surface area contributed by atoms with Gasteiger partial charge in [-0.1, -0.05) is 6.92 Å². The minimum absolute atomic E-state index is 0.0524. The second-order valence-corrected chi connectivity index (χ2v) is 4.17. The van der Waals surface area contributed by atoms with Crippen LogP contribution in [-0.4, -0.2) is 35.8 Å². The molecule has 0 saturated carbocycles. The van der Waals surface area contributed by atoms with Crippen LogP contribution in [0.2, 0.25) is 0 Å². The number of aliphatic hydroxyl groups is 1. The van der Waals surface area contributed by atoms with E-state index in [-0.39, 0.29) is 17.9 Å². The van der Waals surface area contributed by atoms with E-state index in [1.165, 1.54) is 0 Å². The number of nitrogens with one attached hydrogen (secondary N) is 1. The molecule has 0 spiro atoms. The predicted octanol–water partition coefficient (Wildman–Crippen LogP) is 0.602. The van der Waals surface area contributed by atoms with Gasteiger partial charge in [0.15, 0.2) is 0 Å². The van der Waals surface area contributed by atoms with E-state index in [1.807, 2.05) is 6.92 Å². The Morgan fingerprint density at radius 3 is 2.75 bits per heavy atom. The van der Waals surface area contributed by atoms with Gasteiger partial charge in [-0.05, 0) is 19.2 Å². The lowest BCUT2D eigenvalue weighted by atomic mass is 10.3. The van der Waals surface area contributed by atoms with E-state index in [4.69, 9.17) is 10.4 Å². The van der Waals surface area contributed by atoms with Crippen LogP contribution in [0.1, 0.15) is 13.3 Å². The van der Waals surface area contributed by atoms with Gasteiger partial charge in [0.1, 0.15) is 0 Å². The zero-order valence-corrected chi connectivity index (χ0v) is 8.40. The molecule has 3 nitrogen and oxygen atoms in total. The lowest BCUT2D eigenvalue weighted by molar-refractivity contribution is 0.300. The molecular weight excluding hydrogens is 172 g/mol. The topological polar surface area (TPSA) is 56.0 Å². The standard InChI is InChI=1S/C8H16N2OS/c1-7(6-11)12-4-3-8(5-9)10-2/h7-8,10-11H,3-4,6H2,1-2H3. The summed E-state index contributed by atoms with van der Waals surface area (Å²) in [5, 5.41) is 20.5. The average molecular weight is 188 g/mol. The predicted molar refractivity (Wildman–Crippen MR) is 52.1 cm³/mol. The molecule has 2 atom stereocenters. The van der Waals surface area contributed by atoms with Crippen LogP contribution < -0.4 is 5.32 Å². The van der Waals surface area contributed by atoms with Gasteiger partial charge >= 0.3 is 0 Å². The molecule has 0 saturated heterocycles. The first kappa shape index (κ1) is 11.8. The Balaban J connectivity index is 3.36. The second kappa shape index (κ2) is 7.41. The van der Waals surface area contributed by atoms with Crippen molar-refractivity contribution in [1.82, 2.24) is 5.32 Å². The summed E-state index contributed by atoms with van der Waals surface area (Å²) >= 11 is 1.69. The fourth-order valence-electron chi connectivity index (χ4n) is 0.713. The van der Waals surface area contributed by atoms with Crippen molar-refractivity contribution < 1.29 is 5.11 Å². The van der Waals surface area contributed by atoms with E-state index in [1.54, 1.807) is 18.8 Å². The quantitative estimate of drug-likeness (QED) is 0.641. The van der Waals surface area contributed by atoms with Crippen LogP contribution >= 0.6 is 11.8 Å². The number of nitrogens with zero attached hydrogens (tertiary/aromatic N) is 1. The number of nitriles is 1. The number of rotatable bonds is 6. The number of hydrogen-bond donors (Lipinski definition) is 2. The van der Waals surface area contributed by atoms with Gasteiger partial charge < -0.3 is 10.4 Å². The molecule has 0 heterocycles. The smallest absolute Gasteiger partial charge is 0.0958 e. The van der Waals surface area contributed by atoms with Crippen molar-refractivity contribution in [1.29, 1.82) is 5.26 Å². The fourth-order valence-corrected chi connectivity index (χ4v) is 1.59. The van der Waals surface area contributed by atoms with Crippen molar-refractivity contribution in [2.75, 3.05) is 19.4 Å². The van der Waals surface area contributed by atoms with Gasteiger partial charge in [0, 0.05) is 5.25 Å². The van der Waals surface area contributed by atoms with Crippen molar-refractivity contribution in [3.63, 3.8) is 0 Å². The lowest BCUT2D eigenvalue weighted by Gasteiger charge is -2.09. The van der Waals surface area contributed by atoms with Crippen molar-refractivity contribution >= 4 is 11.8 Å². The van der Waals surface area contributed by atoms with Crippen molar-refractivity contribution in [2.45, 2.75) is 24.6 Å². The Labute approximate surface area is 78.2 Å². The van der Waals surface area contributed by atoms with Gasteiger partial charge in [0.25, 0.3) is 0 Å². The van der Waals surface area contributed by atoms with Crippen LogP contribution in [0.5, 0.6) is 0 Å². The first-order valence-corrected chi connectivity index (χ1v) is 5.08. The van der Waals surface area contributed by atoms with Crippen molar-refractivity contribution in [2.24, 2.45) is 0 Å². The van der Waals surface area contributed by atoms with Crippen molar-refractivity contribution in [3.8, 4) is 6.07 Å². The van der Waals surface area contributed by atoms with Crippen LogP contribution in [0.25, 0.3) is 0 Å². The molecule has 0 aliphatic carbocycles. The normalized spacial score (nSPS) is 15.2. The molecule has 70 valence electrons. The largest absolute Gasteiger partial charge is 0.395 e. The number of thioether (sulfide) groups is 1. The summed E-state index contributed by atoms with van der Waals surface area (Å²) in [4.78, 5) is 0. The molecule has 2 N–H and O–H groups in total. The molecule has 0 rings (SSSR count). The van der Waals surface area contributed by atoms with E-state index in [0.29, 0.717) is 0 Å².